The van der Waals surface area contributed by atoms with Crippen molar-refractivity contribution < 1.29 is 27.6 Å². The van der Waals surface area contributed by atoms with Gasteiger partial charge in [-0.2, -0.15) is 13.2 Å². The summed E-state index contributed by atoms with van der Waals surface area (Å²) < 4.78 is 39.0. The predicted octanol–water partition coefficient (Wildman–Crippen LogP) is 4.52. The Bertz CT molecular complexity index is 1590. The summed E-state index contributed by atoms with van der Waals surface area (Å²) in [6.45, 7) is 1.54. The smallest absolute Gasteiger partial charge is 0.329 e. The molecule has 1 fully saturated rings. The lowest BCUT2D eigenvalue weighted by Gasteiger charge is -2.41. The Morgan fingerprint density at radius 2 is 1.74 bits per heavy atom. The van der Waals surface area contributed by atoms with E-state index in [1.54, 1.807) is 25.3 Å². The summed E-state index contributed by atoms with van der Waals surface area (Å²) in [6, 6.07) is 16.8. The zero-order valence-electron chi connectivity index (χ0n) is 26.0. The van der Waals surface area contributed by atoms with E-state index in [0.29, 0.717) is 24.5 Å². The first-order chi connectivity index (χ1) is 21.9. The molecule has 3 heterocycles. The molecule has 2 aliphatic heterocycles. The minimum atomic E-state index is -4.31. The molecule has 244 valence electrons. The lowest BCUT2D eigenvalue weighted by molar-refractivity contribution is -0.156. The number of pyridine rings is 1. The van der Waals surface area contributed by atoms with Crippen LogP contribution in [0.15, 0.2) is 60.8 Å². The van der Waals surface area contributed by atoms with E-state index in [-0.39, 0.29) is 57.3 Å². The maximum absolute atomic E-state index is 14.1. The first-order valence-corrected chi connectivity index (χ1v) is 15.4. The fourth-order valence-corrected chi connectivity index (χ4v) is 6.20. The van der Waals surface area contributed by atoms with Gasteiger partial charge in [0.15, 0.2) is 0 Å². The Morgan fingerprint density at radius 3 is 2.46 bits per heavy atom. The molecule has 0 unspecified atom stereocenters. The number of likely N-dealkylation sites (tertiary alicyclic amines) is 1. The maximum atomic E-state index is 14.1. The van der Waals surface area contributed by atoms with Gasteiger partial charge in [0.05, 0.1) is 13.0 Å². The molecule has 1 aromatic heterocycles. The van der Waals surface area contributed by atoms with Crippen molar-refractivity contribution in [2.24, 2.45) is 5.41 Å². The molecule has 3 aromatic rings. The van der Waals surface area contributed by atoms with Gasteiger partial charge in [-0.1, -0.05) is 43.3 Å². The van der Waals surface area contributed by atoms with Gasteiger partial charge in [0.25, 0.3) is 0 Å². The number of rotatable bonds is 9. The van der Waals surface area contributed by atoms with Gasteiger partial charge in [0.2, 0.25) is 17.7 Å². The second-order valence-corrected chi connectivity index (χ2v) is 12.4. The summed E-state index contributed by atoms with van der Waals surface area (Å²) in [7, 11) is 1.82. The van der Waals surface area contributed by atoms with Crippen molar-refractivity contribution in [3.8, 4) is 0 Å². The maximum Gasteiger partial charge on any atom is 0.401 e. The number of amides is 3. The molecular formula is C34H39F3N6O3. The number of hydrogen-bond donors (Lipinski definition) is 3. The van der Waals surface area contributed by atoms with Crippen LogP contribution in [0.25, 0.3) is 0 Å². The summed E-state index contributed by atoms with van der Waals surface area (Å²) in [5, 5.41) is 8.87. The van der Waals surface area contributed by atoms with E-state index in [2.05, 4.69) is 20.9 Å². The predicted molar refractivity (Wildman–Crippen MR) is 169 cm³/mol. The highest BCUT2D eigenvalue weighted by atomic mass is 19.4. The van der Waals surface area contributed by atoms with Gasteiger partial charge < -0.3 is 20.9 Å². The van der Waals surface area contributed by atoms with E-state index in [1.807, 2.05) is 49.5 Å². The number of anilines is 2. The van der Waals surface area contributed by atoms with Crippen molar-refractivity contribution in [1.29, 1.82) is 0 Å². The van der Waals surface area contributed by atoms with E-state index in [4.69, 9.17) is 0 Å². The summed E-state index contributed by atoms with van der Waals surface area (Å²) in [4.78, 5) is 47.4. The largest absolute Gasteiger partial charge is 0.401 e. The molecule has 3 N–H and O–H groups in total. The van der Waals surface area contributed by atoms with E-state index in [0.717, 1.165) is 27.8 Å². The monoisotopic (exact) mass is 636 g/mol. The highest BCUT2D eigenvalue weighted by Crippen LogP contribution is 2.35. The zero-order valence-corrected chi connectivity index (χ0v) is 26.0. The van der Waals surface area contributed by atoms with Crippen LogP contribution in [-0.2, 0) is 40.3 Å². The molecule has 0 bridgehead atoms. The number of nitrogens with one attached hydrogen (secondary N) is 3. The van der Waals surface area contributed by atoms with Crippen molar-refractivity contribution in [2.45, 2.75) is 51.9 Å². The lowest BCUT2D eigenvalue weighted by atomic mass is 9.78. The third-order valence-corrected chi connectivity index (χ3v) is 8.72. The molecule has 0 spiro atoms. The number of aromatic nitrogens is 1. The quantitative estimate of drug-likeness (QED) is 0.319. The molecule has 0 radical (unpaired) electrons. The van der Waals surface area contributed by atoms with Crippen molar-refractivity contribution in [3.63, 3.8) is 0 Å². The minimum Gasteiger partial charge on any atom is -0.329 e. The molecule has 0 atom stereocenters. The molecule has 0 aliphatic carbocycles. The third kappa shape index (κ3) is 8.29. The molecule has 1 saturated heterocycles. The van der Waals surface area contributed by atoms with E-state index >= 15 is 0 Å². The van der Waals surface area contributed by atoms with Crippen LogP contribution in [0, 0.1) is 5.41 Å². The molecule has 2 aliphatic rings. The van der Waals surface area contributed by atoms with Gasteiger partial charge in [-0.25, -0.2) is 4.98 Å². The van der Waals surface area contributed by atoms with Crippen LogP contribution in [0.2, 0.25) is 0 Å². The van der Waals surface area contributed by atoms with Crippen LogP contribution < -0.4 is 16.0 Å². The Hall–Kier alpha value is -4.29. The lowest BCUT2D eigenvalue weighted by Crippen LogP contribution is -2.51. The number of carbonyl (C=O) groups excluding carboxylic acids is 3. The van der Waals surface area contributed by atoms with Crippen molar-refractivity contribution in [2.75, 3.05) is 43.9 Å². The van der Waals surface area contributed by atoms with Gasteiger partial charge in [-0.05, 0) is 79.0 Å². The summed E-state index contributed by atoms with van der Waals surface area (Å²) in [5.41, 5.74) is 4.04. The number of hydrogen-bond acceptors (Lipinski definition) is 6. The van der Waals surface area contributed by atoms with E-state index in [1.165, 1.54) is 9.80 Å². The van der Waals surface area contributed by atoms with Crippen LogP contribution in [-0.4, -0.2) is 71.9 Å². The van der Waals surface area contributed by atoms with Crippen LogP contribution in [0.5, 0.6) is 0 Å². The second-order valence-electron chi connectivity index (χ2n) is 12.4. The standard InChI is InChI=1S/C34H39F3N6O3/c1-33(11-14-42(15-12-33)22-34(35,36)37)32(46)43(20-26-7-4-3-6-25(26)19-38-2)21-30(45)40-28-10-9-23-16-24-8-5-13-39-31(24)41-29(44)18-27(23)17-28/h3-10,13,17,38H,11-12,14-16,18-22H2,1-2H3,(H,40,45)(H,39,41,44). The van der Waals surface area contributed by atoms with E-state index < -0.39 is 24.0 Å². The number of piperidine rings is 1. The van der Waals surface area contributed by atoms with Crippen molar-refractivity contribution in [3.05, 3.63) is 88.6 Å². The number of nitrogens with zero attached hydrogens (tertiary/aromatic N) is 3. The fourth-order valence-electron chi connectivity index (χ4n) is 6.20. The van der Waals surface area contributed by atoms with Crippen molar-refractivity contribution in [1.82, 2.24) is 20.1 Å². The Kier molecular flexibility index (Phi) is 10.1. The van der Waals surface area contributed by atoms with Crippen LogP contribution in [0.1, 0.15) is 47.6 Å². The highest BCUT2D eigenvalue weighted by molar-refractivity contribution is 5.96. The van der Waals surface area contributed by atoms with Gasteiger partial charge in [0, 0.05) is 36.8 Å². The van der Waals surface area contributed by atoms with Crippen LogP contribution in [0.3, 0.4) is 0 Å². The normalized spacial score (nSPS) is 16.3. The fraction of sp³-hybridized carbons (Fsp3) is 0.412. The molecule has 2 aromatic carbocycles. The Balaban J connectivity index is 1.34. The molecule has 3 amide bonds. The average molecular weight is 637 g/mol. The van der Waals surface area contributed by atoms with Crippen LogP contribution >= 0.6 is 0 Å². The highest BCUT2D eigenvalue weighted by Gasteiger charge is 2.42. The first kappa shape index (κ1) is 33.1. The zero-order chi connectivity index (χ0) is 32.9. The SMILES string of the molecule is CNCc1ccccc1CN(CC(=O)Nc1ccc2c(c1)CC(=O)Nc1ncccc1C2)C(=O)C1(C)CCN(CC(F)(F)F)CC1. The number of carbonyl (C=O) groups is 3. The van der Waals surface area contributed by atoms with E-state index in [9.17, 15) is 27.6 Å². The van der Waals surface area contributed by atoms with Gasteiger partial charge >= 0.3 is 6.18 Å². The molecular weight excluding hydrogens is 597 g/mol. The van der Waals surface area contributed by atoms with Crippen LogP contribution in [0.4, 0.5) is 24.7 Å². The average Bonchev–Trinajstić information content (AvgIpc) is 2.99. The molecule has 5 rings (SSSR count). The second kappa shape index (κ2) is 14.0. The number of fused-ring (bicyclic) bond motifs is 2. The Morgan fingerprint density at radius 1 is 1.00 bits per heavy atom. The first-order valence-electron chi connectivity index (χ1n) is 15.4. The number of halogens is 3. The topological polar surface area (TPSA) is 107 Å². The summed E-state index contributed by atoms with van der Waals surface area (Å²) >= 11 is 0. The molecule has 46 heavy (non-hydrogen) atoms. The molecule has 9 nitrogen and oxygen atoms in total. The Labute approximate surface area is 266 Å². The summed E-state index contributed by atoms with van der Waals surface area (Å²) in [6.07, 6.45) is -1.48. The third-order valence-electron chi connectivity index (χ3n) is 8.72. The van der Waals surface area contributed by atoms with Gasteiger partial charge in [0.1, 0.15) is 12.4 Å². The minimum absolute atomic E-state index is 0.117. The molecule has 0 saturated carbocycles. The number of benzene rings is 2. The number of alkyl halides is 3. The molecule has 12 heteroatoms. The summed E-state index contributed by atoms with van der Waals surface area (Å²) in [5.74, 6) is -0.356. The van der Waals surface area contributed by atoms with Gasteiger partial charge in [-0.15, -0.1) is 0 Å². The van der Waals surface area contributed by atoms with Gasteiger partial charge in [-0.3, -0.25) is 19.3 Å². The van der Waals surface area contributed by atoms with Crippen molar-refractivity contribution >= 4 is 29.2 Å².